The van der Waals surface area contributed by atoms with Crippen molar-refractivity contribution in [3.8, 4) is 11.4 Å². The van der Waals surface area contributed by atoms with Gasteiger partial charge >= 0.3 is 0 Å². The Morgan fingerprint density at radius 2 is 1.80 bits per heavy atom. The van der Waals surface area contributed by atoms with Crippen molar-refractivity contribution < 1.29 is 4.74 Å². The molecule has 0 amide bonds. The van der Waals surface area contributed by atoms with Crippen LogP contribution >= 0.6 is 27.7 Å². The first kappa shape index (κ1) is 16.7. The van der Waals surface area contributed by atoms with E-state index in [4.69, 9.17) is 4.74 Å². The zero-order chi connectivity index (χ0) is 17.1. The molecule has 0 N–H and O–H groups in total. The van der Waals surface area contributed by atoms with Crippen LogP contribution in [0.5, 0.6) is 5.75 Å². The molecule has 1 aliphatic carbocycles. The van der Waals surface area contributed by atoms with Gasteiger partial charge in [-0.1, -0.05) is 45.9 Å². The number of para-hydroxylation sites is 1. The quantitative estimate of drug-likeness (QED) is 0.398. The lowest BCUT2D eigenvalue weighted by Crippen LogP contribution is -2.04. The van der Waals surface area contributed by atoms with Gasteiger partial charge in [0.2, 0.25) is 0 Å². The summed E-state index contributed by atoms with van der Waals surface area (Å²) >= 11 is 5.11. The van der Waals surface area contributed by atoms with Crippen molar-refractivity contribution in [1.29, 1.82) is 0 Å². The maximum atomic E-state index is 5.80. The predicted octanol–water partition coefficient (Wildman–Crippen LogP) is 5.08. The summed E-state index contributed by atoms with van der Waals surface area (Å²) in [5.41, 5.74) is 1.13. The fourth-order valence-corrected chi connectivity index (χ4v) is 3.66. The Morgan fingerprint density at radius 1 is 1.04 bits per heavy atom. The Kier molecular flexibility index (Phi) is 5.08. The highest BCUT2D eigenvalue weighted by molar-refractivity contribution is 9.10. The number of aromatic nitrogens is 3. The number of halogens is 1. The minimum absolute atomic E-state index is 0.557. The monoisotopic (exact) mass is 415 g/mol. The van der Waals surface area contributed by atoms with Gasteiger partial charge in [0.25, 0.3) is 0 Å². The molecule has 1 fully saturated rings. The van der Waals surface area contributed by atoms with E-state index in [-0.39, 0.29) is 0 Å². The van der Waals surface area contributed by atoms with Crippen LogP contribution in [0, 0.1) is 0 Å². The molecule has 3 aromatic rings. The molecule has 0 aliphatic heterocycles. The van der Waals surface area contributed by atoms with Gasteiger partial charge < -0.3 is 4.74 Å². The molecule has 1 aromatic heterocycles. The molecule has 0 spiro atoms. The molecule has 2 aromatic carbocycles. The highest BCUT2D eigenvalue weighted by Crippen LogP contribution is 2.41. The molecule has 128 valence electrons. The first-order chi connectivity index (χ1) is 12.3. The molecule has 6 heteroatoms. The van der Waals surface area contributed by atoms with Crippen LogP contribution in [-0.2, 0) is 0 Å². The van der Waals surface area contributed by atoms with Crippen LogP contribution in [0.3, 0.4) is 0 Å². The Bertz CT molecular complexity index is 832. The smallest absolute Gasteiger partial charge is 0.195 e. The van der Waals surface area contributed by atoms with E-state index in [9.17, 15) is 0 Å². The van der Waals surface area contributed by atoms with Crippen molar-refractivity contribution in [2.24, 2.45) is 0 Å². The average molecular weight is 416 g/mol. The number of benzene rings is 2. The second-order valence-corrected chi connectivity index (χ2v) is 7.91. The van der Waals surface area contributed by atoms with E-state index in [0.717, 1.165) is 32.6 Å². The van der Waals surface area contributed by atoms with E-state index in [1.54, 1.807) is 11.8 Å². The highest BCUT2D eigenvalue weighted by atomic mass is 79.9. The first-order valence-corrected chi connectivity index (χ1v) is 10.1. The minimum atomic E-state index is 0.557. The van der Waals surface area contributed by atoms with Gasteiger partial charge in [-0.15, -0.1) is 10.2 Å². The van der Waals surface area contributed by atoms with Crippen LogP contribution in [-0.4, -0.2) is 27.1 Å². The van der Waals surface area contributed by atoms with Gasteiger partial charge in [0, 0.05) is 21.8 Å². The van der Waals surface area contributed by atoms with Gasteiger partial charge in [0.1, 0.15) is 11.6 Å². The van der Waals surface area contributed by atoms with Gasteiger partial charge in [0.05, 0.1) is 6.61 Å². The maximum absolute atomic E-state index is 5.80. The SMILES string of the molecule is Brc1ccc(OCCSc2nnc(C3CC3)n2-c2ccccc2)cc1. The molecule has 1 heterocycles. The fourth-order valence-electron chi connectivity index (χ4n) is 2.62. The highest BCUT2D eigenvalue weighted by Gasteiger charge is 2.30. The number of nitrogens with zero attached hydrogens (tertiary/aromatic N) is 3. The summed E-state index contributed by atoms with van der Waals surface area (Å²) < 4.78 is 9.05. The number of thioether (sulfide) groups is 1. The van der Waals surface area contributed by atoms with Crippen LogP contribution in [0.2, 0.25) is 0 Å². The molecule has 1 aliphatic rings. The standard InChI is InChI=1S/C19H18BrN3OS/c20-15-8-10-17(11-9-15)24-12-13-25-19-22-21-18(14-6-7-14)23(19)16-4-2-1-3-5-16/h1-5,8-11,14H,6-7,12-13H2. The molecule has 1 saturated carbocycles. The molecule has 0 radical (unpaired) electrons. The Hall–Kier alpha value is -1.79. The van der Waals surface area contributed by atoms with Crippen LogP contribution in [0.15, 0.2) is 64.2 Å². The van der Waals surface area contributed by atoms with Crippen LogP contribution in [0.1, 0.15) is 24.6 Å². The van der Waals surface area contributed by atoms with E-state index in [0.29, 0.717) is 12.5 Å². The largest absolute Gasteiger partial charge is 0.493 e. The summed E-state index contributed by atoms with van der Waals surface area (Å²) in [6.07, 6.45) is 2.42. The molecule has 0 bridgehead atoms. The number of hydrogen-bond donors (Lipinski definition) is 0. The predicted molar refractivity (Wildman–Crippen MR) is 104 cm³/mol. The first-order valence-electron chi connectivity index (χ1n) is 8.33. The Balaban J connectivity index is 1.43. The van der Waals surface area contributed by atoms with Gasteiger partial charge in [-0.3, -0.25) is 4.57 Å². The number of hydrogen-bond acceptors (Lipinski definition) is 4. The van der Waals surface area contributed by atoms with E-state index < -0.39 is 0 Å². The summed E-state index contributed by atoms with van der Waals surface area (Å²) in [5.74, 6) is 3.35. The van der Waals surface area contributed by atoms with E-state index >= 15 is 0 Å². The molecule has 4 rings (SSSR count). The van der Waals surface area contributed by atoms with Crippen molar-refractivity contribution >= 4 is 27.7 Å². The molecule has 0 atom stereocenters. The van der Waals surface area contributed by atoms with Crippen LogP contribution in [0.4, 0.5) is 0 Å². The van der Waals surface area contributed by atoms with Crippen molar-refractivity contribution in [2.75, 3.05) is 12.4 Å². The van der Waals surface area contributed by atoms with Crippen LogP contribution in [0.25, 0.3) is 5.69 Å². The van der Waals surface area contributed by atoms with Gasteiger partial charge in [-0.25, -0.2) is 0 Å². The molecular formula is C19H18BrN3OS. The summed E-state index contributed by atoms with van der Waals surface area (Å²) in [7, 11) is 0. The normalized spacial score (nSPS) is 13.8. The molecular weight excluding hydrogens is 398 g/mol. The second-order valence-electron chi connectivity index (χ2n) is 5.94. The molecule has 0 unspecified atom stereocenters. The number of rotatable bonds is 7. The topological polar surface area (TPSA) is 39.9 Å². The van der Waals surface area contributed by atoms with E-state index in [1.165, 1.54) is 12.8 Å². The van der Waals surface area contributed by atoms with Gasteiger partial charge in [-0.05, 0) is 49.2 Å². The third kappa shape index (κ3) is 4.07. The summed E-state index contributed by atoms with van der Waals surface area (Å²) in [5, 5.41) is 9.81. The lowest BCUT2D eigenvalue weighted by atomic mass is 10.3. The van der Waals surface area contributed by atoms with Crippen molar-refractivity contribution in [3.05, 3.63) is 64.9 Å². The lowest BCUT2D eigenvalue weighted by Gasteiger charge is -2.10. The molecule has 25 heavy (non-hydrogen) atoms. The van der Waals surface area contributed by atoms with E-state index in [2.05, 4.69) is 55.0 Å². The molecule has 4 nitrogen and oxygen atoms in total. The zero-order valence-corrected chi connectivity index (χ0v) is 16.0. The van der Waals surface area contributed by atoms with Crippen molar-refractivity contribution in [3.63, 3.8) is 0 Å². The minimum Gasteiger partial charge on any atom is -0.493 e. The maximum Gasteiger partial charge on any atom is 0.195 e. The summed E-state index contributed by atoms with van der Waals surface area (Å²) in [4.78, 5) is 0. The lowest BCUT2D eigenvalue weighted by molar-refractivity contribution is 0.344. The molecule has 0 saturated heterocycles. The Morgan fingerprint density at radius 3 is 2.52 bits per heavy atom. The summed E-state index contributed by atoms with van der Waals surface area (Å²) in [6.45, 7) is 0.632. The summed E-state index contributed by atoms with van der Waals surface area (Å²) in [6, 6.07) is 18.2. The average Bonchev–Trinajstić information content (AvgIpc) is 3.41. The Labute approximate surface area is 159 Å². The van der Waals surface area contributed by atoms with Crippen LogP contribution < -0.4 is 4.74 Å². The van der Waals surface area contributed by atoms with Gasteiger partial charge in [0.15, 0.2) is 5.16 Å². The second kappa shape index (κ2) is 7.62. The number of ether oxygens (including phenoxy) is 1. The van der Waals surface area contributed by atoms with Gasteiger partial charge in [-0.2, -0.15) is 0 Å². The van der Waals surface area contributed by atoms with Crippen molar-refractivity contribution in [2.45, 2.75) is 23.9 Å². The van der Waals surface area contributed by atoms with Crippen molar-refractivity contribution in [1.82, 2.24) is 14.8 Å². The fraction of sp³-hybridized carbons (Fsp3) is 0.263. The van der Waals surface area contributed by atoms with E-state index in [1.807, 2.05) is 30.3 Å². The third-order valence-corrected chi connectivity index (χ3v) is 5.43. The zero-order valence-electron chi connectivity index (χ0n) is 13.6. The third-order valence-electron chi connectivity index (χ3n) is 4.01.